The van der Waals surface area contributed by atoms with Crippen molar-refractivity contribution >= 4 is 34.6 Å². The Balaban J connectivity index is 1.97. The van der Waals surface area contributed by atoms with E-state index in [1.165, 1.54) is 0 Å². The number of carboxylic acid groups (broad SMARTS) is 1. The van der Waals surface area contributed by atoms with Gasteiger partial charge in [-0.05, 0) is 16.3 Å². The standard InChI is InChI=1S/C19H19NO7/c1-26-19(25)20-15(10-17(22)23)16(21)11-27-18(24)9-13-7-4-6-12-5-2-3-8-14(12)13/h2-8,15H,9-11H2,1H3,(H,20,25)(H,22,23). The molecule has 8 heteroatoms. The Labute approximate surface area is 155 Å². The van der Waals surface area contributed by atoms with Crippen molar-refractivity contribution in [2.24, 2.45) is 0 Å². The topological polar surface area (TPSA) is 119 Å². The third-order valence-corrected chi connectivity index (χ3v) is 3.84. The number of fused-ring (bicyclic) bond motifs is 1. The van der Waals surface area contributed by atoms with Gasteiger partial charge in [0.25, 0.3) is 0 Å². The molecule has 8 nitrogen and oxygen atoms in total. The van der Waals surface area contributed by atoms with Crippen LogP contribution >= 0.6 is 0 Å². The van der Waals surface area contributed by atoms with Gasteiger partial charge in [-0.3, -0.25) is 14.4 Å². The third kappa shape index (κ3) is 5.81. The number of alkyl carbamates (subject to hydrolysis) is 1. The van der Waals surface area contributed by atoms with E-state index in [0.717, 1.165) is 23.4 Å². The van der Waals surface area contributed by atoms with Gasteiger partial charge in [0.15, 0.2) is 12.4 Å². The Kier molecular flexibility index (Phi) is 6.87. The minimum atomic E-state index is -1.35. The summed E-state index contributed by atoms with van der Waals surface area (Å²) in [4.78, 5) is 46.2. The fourth-order valence-corrected chi connectivity index (χ4v) is 2.53. The number of methoxy groups -OCH3 is 1. The van der Waals surface area contributed by atoms with Gasteiger partial charge >= 0.3 is 18.0 Å². The van der Waals surface area contributed by atoms with Crippen LogP contribution in [0.15, 0.2) is 42.5 Å². The molecule has 0 radical (unpaired) electrons. The van der Waals surface area contributed by atoms with Crippen LogP contribution in [0.5, 0.6) is 0 Å². The maximum atomic E-state index is 12.1. The lowest BCUT2D eigenvalue weighted by atomic mass is 10.0. The van der Waals surface area contributed by atoms with Crippen LogP contribution in [0.25, 0.3) is 10.8 Å². The molecule has 0 saturated heterocycles. The lowest BCUT2D eigenvalue weighted by molar-refractivity contribution is -0.148. The zero-order chi connectivity index (χ0) is 19.8. The molecule has 2 N–H and O–H groups in total. The average molecular weight is 373 g/mol. The summed E-state index contributed by atoms with van der Waals surface area (Å²) in [7, 11) is 1.09. The van der Waals surface area contributed by atoms with E-state index in [1.807, 2.05) is 36.4 Å². The number of carbonyl (C=O) groups is 4. The van der Waals surface area contributed by atoms with Crippen LogP contribution in [0.3, 0.4) is 0 Å². The summed E-state index contributed by atoms with van der Waals surface area (Å²) in [5.74, 6) is -2.66. The number of hydrogen-bond donors (Lipinski definition) is 2. The van der Waals surface area contributed by atoms with Crippen LogP contribution in [-0.4, -0.2) is 48.7 Å². The molecule has 27 heavy (non-hydrogen) atoms. The number of aliphatic carboxylic acids is 1. The normalized spacial score (nSPS) is 11.4. The monoisotopic (exact) mass is 373 g/mol. The number of carbonyl (C=O) groups excluding carboxylic acids is 3. The highest BCUT2D eigenvalue weighted by Crippen LogP contribution is 2.19. The molecule has 0 spiro atoms. The number of ether oxygens (including phenoxy) is 2. The predicted molar refractivity (Wildman–Crippen MR) is 95.2 cm³/mol. The smallest absolute Gasteiger partial charge is 0.407 e. The van der Waals surface area contributed by atoms with Crippen molar-refractivity contribution < 1.29 is 33.8 Å². The molecule has 2 aromatic carbocycles. The molecule has 1 atom stereocenters. The minimum absolute atomic E-state index is 0.0390. The van der Waals surface area contributed by atoms with Gasteiger partial charge in [0.1, 0.15) is 6.04 Å². The molecule has 0 aliphatic rings. The summed E-state index contributed by atoms with van der Waals surface area (Å²) in [6.07, 6.45) is -1.63. The molecule has 2 rings (SSSR count). The fraction of sp³-hybridized carbons (Fsp3) is 0.263. The van der Waals surface area contributed by atoms with Crippen LogP contribution in [0.2, 0.25) is 0 Å². The molecular weight excluding hydrogens is 354 g/mol. The summed E-state index contributed by atoms with van der Waals surface area (Å²) < 4.78 is 9.32. The van der Waals surface area contributed by atoms with E-state index in [9.17, 15) is 19.2 Å². The number of nitrogens with one attached hydrogen (secondary N) is 1. The van der Waals surface area contributed by atoms with Crippen molar-refractivity contribution in [3.05, 3.63) is 48.0 Å². The number of ketones is 1. The summed E-state index contributed by atoms with van der Waals surface area (Å²) in [6, 6.07) is 11.7. The first-order valence-electron chi connectivity index (χ1n) is 8.12. The number of rotatable bonds is 8. The zero-order valence-corrected chi connectivity index (χ0v) is 14.6. The van der Waals surface area contributed by atoms with E-state index in [0.29, 0.717) is 0 Å². The van der Waals surface area contributed by atoms with E-state index >= 15 is 0 Å². The quantitative estimate of drug-likeness (QED) is 0.676. The second-order valence-corrected chi connectivity index (χ2v) is 5.73. The van der Waals surface area contributed by atoms with Gasteiger partial charge in [-0.25, -0.2) is 4.79 Å². The summed E-state index contributed by atoms with van der Waals surface area (Å²) >= 11 is 0. The molecule has 142 valence electrons. The third-order valence-electron chi connectivity index (χ3n) is 3.84. The van der Waals surface area contributed by atoms with Gasteiger partial charge in [-0.15, -0.1) is 0 Å². The average Bonchev–Trinajstić information content (AvgIpc) is 2.65. The Morgan fingerprint density at radius 1 is 1.07 bits per heavy atom. The molecule has 1 unspecified atom stereocenters. The molecule has 0 saturated carbocycles. The van der Waals surface area contributed by atoms with Crippen molar-refractivity contribution in [1.82, 2.24) is 5.32 Å². The summed E-state index contributed by atoms with van der Waals surface area (Å²) in [5, 5.41) is 12.8. The first-order chi connectivity index (χ1) is 12.9. The second-order valence-electron chi connectivity index (χ2n) is 5.73. The molecule has 2 aromatic rings. The Morgan fingerprint density at radius 2 is 1.78 bits per heavy atom. The zero-order valence-electron chi connectivity index (χ0n) is 14.6. The highest BCUT2D eigenvalue weighted by molar-refractivity contribution is 5.93. The second kappa shape index (κ2) is 9.33. The number of carboxylic acids is 1. The maximum Gasteiger partial charge on any atom is 0.407 e. The number of amides is 1. The highest BCUT2D eigenvalue weighted by Gasteiger charge is 2.25. The van der Waals surface area contributed by atoms with Crippen LogP contribution in [0.1, 0.15) is 12.0 Å². The predicted octanol–water partition coefficient (Wildman–Crippen LogP) is 1.69. The molecule has 0 aliphatic carbocycles. The summed E-state index contributed by atoms with van der Waals surface area (Å²) in [5.41, 5.74) is 0.750. The molecule has 0 aliphatic heterocycles. The first-order valence-corrected chi connectivity index (χ1v) is 8.12. The number of Topliss-reactive ketones (excluding diaryl/α,β-unsaturated/α-hetero) is 1. The lowest BCUT2D eigenvalue weighted by Crippen LogP contribution is -2.44. The Morgan fingerprint density at radius 3 is 2.48 bits per heavy atom. The number of esters is 1. The molecule has 0 aromatic heterocycles. The van der Waals surface area contributed by atoms with Crippen LogP contribution in [0, 0.1) is 0 Å². The first kappa shape index (κ1) is 19.9. The van der Waals surface area contributed by atoms with E-state index in [-0.39, 0.29) is 6.42 Å². The minimum Gasteiger partial charge on any atom is -0.481 e. The van der Waals surface area contributed by atoms with E-state index in [1.54, 1.807) is 6.07 Å². The summed E-state index contributed by atoms with van der Waals surface area (Å²) in [6.45, 7) is -0.647. The van der Waals surface area contributed by atoms with E-state index in [2.05, 4.69) is 10.1 Å². The molecule has 0 bridgehead atoms. The van der Waals surface area contributed by atoms with Gasteiger partial charge in [-0.2, -0.15) is 0 Å². The van der Waals surface area contributed by atoms with Gasteiger partial charge in [0, 0.05) is 0 Å². The van der Waals surface area contributed by atoms with Crippen LogP contribution in [-0.2, 0) is 30.3 Å². The van der Waals surface area contributed by atoms with Crippen LogP contribution < -0.4 is 5.32 Å². The van der Waals surface area contributed by atoms with Crippen molar-refractivity contribution in [3.8, 4) is 0 Å². The Bertz CT molecular complexity index is 857. The molecule has 1 amide bonds. The number of hydrogen-bond acceptors (Lipinski definition) is 6. The van der Waals surface area contributed by atoms with E-state index < -0.39 is 42.9 Å². The maximum absolute atomic E-state index is 12.1. The molecular formula is C19H19NO7. The van der Waals surface area contributed by atoms with Gasteiger partial charge in [-0.1, -0.05) is 42.5 Å². The fourth-order valence-electron chi connectivity index (χ4n) is 2.53. The lowest BCUT2D eigenvalue weighted by Gasteiger charge is -2.15. The molecule has 0 heterocycles. The SMILES string of the molecule is COC(=O)NC(CC(=O)O)C(=O)COC(=O)Cc1cccc2ccccc12. The van der Waals surface area contributed by atoms with Gasteiger partial charge in [0.05, 0.1) is 20.0 Å². The van der Waals surface area contributed by atoms with Crippen molar-refractivity contribution in [2.45, 2.75) is 18.9 Å². The largest absolute Gasteiger partial charge is 0.481 e. The number of benzene rings is 2. The van der Waals surface area contributed by atoms with Gasteiger partial charge in [0.2, 0.25) is 0 Å². The van der Waals surface area contributed by atoms with Crippen molar-refractivity contribution in [3.63, 3.8) is 0 Å². The van der Waals surface area contributed by atoms with E-state index in [4.69, 9.17) is 9.84 Å². The van der Waals surface area contributed by atoms with Crippen molar-refractivity contribution in [2.75, 3.05) is 13.7 Å². The van der Waals surface area contributed by atoms with Gasteiger partial charge < -0.3 is 19.9 Å². The molecule has 0 fully saturated rings. The van der Waals surface area contributed by atoms with Crippen LogP contribution in [0.4, 0.5) is 4.79 Å². The highest BCUT2D eigenvalue weighted by atomic mass is 16.5. The Hall–Kier alpha value is -3.42. The van der Waals surface area contributed by atoms with Crippen molar-refractivity contribution in [1.29, 1.82) is 0 Å².